The molecule has 1 aliphatic heterocycles. The number of aryl methyl sites for hydroxylation is 1. The van der Waals surface area contributed by atoms with Gasteiger partial charge < -0.3 is 14.8 Å². The number of nitrogens with one attached hydrogen (secondary N) is 1. The van der Waals surface area contributed by atoms with Gasteiger partial charge >= 0.3 is 0 Å². The predicted octanol–water partition coefficient (Wildman–Crippen LogP) is 3.24. The van der Waals surface area contributed by atoms with E-state index in [0.717, 1.165) is 55.5 Å². The van der Waals surface area contributed by atoms with Crippen LogP contribution in [-0.2, 0) is 20.0 Å². The zero-order valence-electron chi connectivity index (χ0n) is 17.0. The maximum Gasteiger partial charge on any atom is 0.194 e. The van der Waals surface area contributed by atoms with Crippen molar-refractivity contribution in [2.75, 3.05) is 19.6 Å². The van der Waals surface area contributed by atoms with Gasteiger partial charge in [-0.05, 0) is 49.5 Å². The minimum Gasteiger partial charge on any atom is -0.356 e. The molecule has 0 bridgehead atoms. The lowest BCUT2D eigenvalue weighted by Crippen LogP contribution is -2.41. The molecule has 1 fully saturated rings. The van der Waals surface area contributed by atoms with Crippen LogP contribution in [0.3, 0.4) is 0 Å². The molecule has 0 aliphatic carbocycles. The lowest BCUT2D eigenvalue weighted by Gasteiger charge is -2.22. The van der Waals surface area contributed by atoms with E-state index in [1.807, 2.05) is 29.9 Å². The molecular formula is C20H32N6S. The maximum absolute atomic E-state index is 4.89. The third-order valence-electron chi connectivity index (χ3n) is 5.18. The normalized spacial score (nSPS) is 17.9. The third kappa shape index (κ3) is 5.54. The first kappa shape index (κ1) is 19.9. The van der Waals surface area contributed by atoms with Gasteiger partial charge in [-0.2, -0.15) is 0 Å². The molecule has 7 heteroatoms. The zero-order chi connectivity index (χ0) is 19.2. The van der Waals surface area contributed by atoms with Crippen molar-refractivity contribution in [2.24, 2.45) is 23.9 Å². The van der Waals surface area contributed by atoms with Gasteiger partial charge in [0.2, 0.25) is 0 Å². The first-order valence-electron chi connectivity index (χ1n) is 9.93. The Bertz CT molecular complexity index is 734. The molecular weight excluding hydrogens is 356 g/mol. The summed E-state index contributed by atoms with van der Waals surface area (Å²) in [6.45, 7) is 10.2. The van der Waals surface area contributed by atoms with Crippen LogP contribution in [0.2, 0.25) is 0 Å². The Morgan fingerprint density at radius 3 is 2.93 bits per heavy atom. The van der Waals surface area contributed by atoms with Crippen LogP contribution in [-0.4, -0.2) is 45.3 Å². The minimum atomic E-state index is 0.560. The number of rotatable bonds is 7. The summed E-state index contributed by atoms with van der Waals surface area (Å²) in [5, 5.41) is 14.1. The van der Waals surface area contributed by atoms with Crippen LogP contribution in [0.25, 0.3) is 0 Å². The monoisotopic (exact) mass is 388 g/mol. The summed E-state index contributed by atoms with van der Waals surface area (Å²) in [6, 6.07) is 4.31. The molecule has 2 aromatic rings. The zero-order valence-corrected chi connectivity index (χ0v) is 17.8. The average Bonchev–Trinajstić information content (AvgIpc) is 3.36. The van der Waals surface area contributed by atoms with Crippen molar-refractivity contribution in [3.05, 3.63) is 34.0 Å². The van der Waals surface area contributed by atoms with Gasteiger partial charge in [-0.3, -0.25) is 0 Å². The maximum atomic E-state index is 4.89. The molecule has 3 heterocycles. The van der Waals surface area contributed by atoms with Gasteiger partial charge in [0.05, 0.1) is 0 Å². The van der Waals surface area contributed by atoms with E-state index in [2.05, 4.69) is 51.8 Å². The van der Waals surface area contributed by atoms with Crippen molar-refractivity contribution in [3.8, 4) is 0 Å². The summed E-state index contributed by atoms with van der Waals surface area (Å²) >= 11 is 1.81. The Morgan fingerprint density at radius 1 is 1.41 bits per heavy atom. The smallest absolute Gasteiger partial charge is 0.194 e. The van der Waals surface area contributed by atoms with Crippen molar-refractivity contribution in [1.29, 1.82) is 0 Å². The molecule has 1 N–H and O–H groups in total. The summed E-state index contributed by atoms with van der Waals surface area (Å²) in [7, 11) is 2.00. The Morgan fingerprint density at radius 2 is 2.26 bits per heavy atom. The summed E-state index contributed by atoms with van der Waals surface area (Å²) in [4.78, 5) is 8.72. The van der Waals surface area contributed by atoms with Crippen LogP contribution in [0.5, 0.6) is 0 Å². The number of aromatic nitrogens is 3. The number of likely N-dealkylation sites (tertiary alicyclic amines) is 1. The van der Waals surface area contributed by atoms with Gasteiger partial charge in [-0.1, -0.05) is 19.9 Å². The van der Waals surface area contributed by atoms with Crippen LogP contribution >= 0.6 is 11.3 Å². The molecule has 1 saturated heterocycles. The number of aliphatic imine (C=N–C) groups is 1. The van der Waals surface area contributed by atoms with Crippen molar-refractivity contribution < 1.29 is 0 Å². The predicted molar refractivity (Wildman–Crippen MR) is 112 cm³/mol. The minimum absolute atomic E-state index is 0.560. The van der Waals surface area contributed by atoms with E-state index in [4.69, 9.17) is 4.99 Å². The Kier molecular flexibility index (Phi) is 6.88. The first-order valence-corrected chi connectivity index (χ1v) is 10.8. The third-order valence-corrected chi connectivity index (χ3v) is 6.11. The van der Waals surface area contributed by atoms with Crippen LogP contribution in [0, 0.1) is 18.8 Å². The highest BCUT2D eigenvalue weighted by molar-refractivity contribution is 7.09. The summed E-state index contributed by atoms with van der Waals surface area (Å²) < 4.78 is 2.01. The lowest BCUT2D eigenvalue weighted by atomic mass is 9.97. The fourth-order valence-electron chi connectivity index (χ4n) is 3.64. The molecule has 3 rings (SSSR count). The fraction of sp³-hybridized carbons (Fsp3) is 0.650. The average molecular weight is 389 g/mol. The van der Waals surface area contributed by atoms with E-state index in [-0.39, 0.29) is 0 Å². The molecule has 0 spiro atoms. The largest absolute Gasteiger partial charge is 0.356 e. The first-order chi connectivity index (χ1) is 13.0. The Hall–Kier alpha value is -1.89. The molecule has 0 amide bonds. The SMILES string of the molecule is Cc1nnc(CN=C(NCCc2cccs2)N2CCC(CC(C)C)C2)n1C. The van der Waals surface area contributed by atoms with Crippen LogP contribution < -0.4 is 5.32 Å². The Labute approximate surface area is 166 Å². The van der Waals surface area contributed by atoms with Crippen molar-refractivity contribution >= 4 is 17.3 Å². The quantitative estimate of drug-likeness (QED) is 0.584. The van der Waals surface area contributed by atoms with E-state index < -0.39 is 0 Å². The van der Waals surface area contributed by atoms with Crippen LogP contribution in [0.1, 0.15) is 43.2 Å². The van der Waals surface area contributed by atoms with Gasteiger partial charge in [0, 0.05) is 31.6 Å². The van der Waals surface area contributed by atoms with Crippen molar-refractivity contribution in [1.82, 2.24) is 25.0 Å². The number of guanidine groups is 1. The highest BCUT2D eigenvalue weighted by atomic mass is 32.1. The second-order valence-corrected chi connectivity index (χ2v) is 8.88. The van der Waals surface area contributed by atoms with Gasteiger partial charge in [-0.15, -0.1) is 21.5 Å². The second kappa shape index (κ2) is 9.35. The van der Waals surface area contributed by atoms with Gasteiger partial charge in [0.15, 0.2) is 11.8 Å². The molecule has 0 radical (unpaired) electrons. The molecule has 27 heavy (non-hydrogen) atoms. The van der Waals surface area contributed by atoms with Crippen LogP contribution in [0.15, 0.2) is 22.5 Å². The lowest BCUT2D eigenvalue weighted by molar-refractivity contribution is 0.403. The highest BCUT2D eigenvalue weighted by Crippen LogP contribution is 2.23. The van der Waals surface area contributed by atoms with Crippen molar-refractivity contribution in [2.45, 2.75) is 46.6 Å². The topological polar surface area (TPSA) is 58.3 Å². The molecule has 0 saturated carbocycles. The summed E-state index contributed by atoms with van der Waals surface area (Å²) in [5.74, 6) is 4.36. The van der Waals surface area contributed by atoms with E-state index in [1.54, 1.807) is 0 Å². The molecule has 2 aromatic heterocycles. The Balaban J connectivity index is 1.64. The number of hydrogen-bond donors (Lipinski definition) is 1. The summed E-state index contributed by atoms with van der Waals surface area (Å²) in [6.07, 6.45) is 3.58. The molecule has 6 nitrogen and oxygen atoms in total. The summed E-state index contributed by atoms with van der Waals surface area (Å²) in [5.41, 5.74) is 0. The molecule has 0 aromatic carbocycles. The number of hydrogen-bond acceptors (Lipinski definition) is 4. The standard InChI is InChI=1S/C20H32N6S/c1-15(2)12-17-8-10-26(14-17)20(21-9-7-18-6-5-11-27-18)22-13-19-24-23-16(3)25(19)4/h5-6,11,15,17H,7-10,12-14H2,1-4H3,(H,21,22). The van der Waals surface area contributed by atoms with Gasteiger partial charge in [-0.25, -0.2) is 4.99 Å². The van der Waals surface area contributed by atoms with E-state index in [9.17, 15) is 0 Å². The fourth-order valence-corrected chi connectivity index (χ4v) is 4.35. The molecule has 1 unspecified atom stereocenters. The van der Waals surface area contributed by atoms with Crippen LogP contribution in [0.4, 0.5) is 0 Å². The van der Waals surface area contributed by atoms with E-state index in [1.165, 1.54) is 17.7 Å². The van der Waals surface area contributed by atoms with Gasteiger partial charge in [0.25, 0.3) is 0 Å². The second-order valence-electron chi connectivity index (χ2n) is 7.85. The number of thiophene rings is 1. The van der Waals surface area contributed by atoms with Gasteiger partial charge in [0.1, 0.15) is 12.4 Å². The van der Waals surface area contributed by atoms with Crippen molar-refractivity contribution in [3.63, 3.8) is 0 Å². The van der Waals surface area contributed by atoms with E-state index >= 15 is 0 Å². The molecule has 1 aliphatic rings. The van der Waals surface area contributed by atoms with E-state index in [0.29, 0.717) is 6.54 Å². The molecule has 1 atom stereocenters. The highest BCUT2D eigenvalue weighted by Gasteiger charge is 2.25. The molecule has 148 valence electrons. The number of nitrogens with zero attached hydrogens (tertiary/aromatic N) is 5.